The maximum Gasteiger partial charge on any atom is 0.340 e. The van der Waals surface area contributed by atoms with Crippen LogP contribution in [0.2, 0.25) is 5.15 Å². The Morgan fingerprint density at radius 3 is 2.62 bits per heavy atom. The van der Waals surface area contributed by atoms with Crippen molar-refractivity contribution in [3.05, 3.63) is 23.0 Å². The van der Waals surface area contributed by atoms with Gasteiger partial charge in [0.05, 0.1) is 24.6 Å². The Morgan fingerprint density at radius 1 is 1.50 bits per heavy atom. The smallest absolute Gasteiger partial charge is 0.340 e. The highest BCUT2D eigenvalue weighted by Gasteiger charge is 2.18. The van der Waals surface area contributed by atoms with Gasteiger partial charge in [0.2, 0.25) is 5.91 Å². The summed E-state index contributed by atoms with van der Waals surface area (Å²) < 4.78 is 4.60. The van der Waals surface area contributed by atoms with Crippen molar-refractivity contribution in [2.45, 2.75) is 6.92 Å². The van der Waals surface area contributed by atoms with Crippen molar-refractivity contribution in [3.63, 3.8) is 0 Å². The summed E-state index contributed by atoms with van der Waals surface area (Å²) in [7, 11) is 2.80. The van der Waals surface area contributed by atoms with Crippen LogP contribution in [-0.4, -0.2) is 31.0 Å². The highest BCUT2D eigenvalue weighted by atomic mass is 35.5. The Hall–Kier alpha value is -1.62. The minimum absolute atomic E-state index is 0.168. The SMILES string of the molecule is COC(=O)c1cc(Cl)ncc1N(C)C(C)=O. The summed E-state index contributed by atoms with van der Waals surface area (Å²) in [5, 5.41) is 0.168. The summed E-state index contributed by atoms with van der Waals surface area (Å²) >= 11 is 5.68. The Balaban J connectivity index is 3.27. The van der Waals surface area contributed by atoms with E-state index in [0.717, 1.165) is 0 Å². The number of hydrogen-bond acceptors (Lipinski definition) is 4. The second kappa shape index (κ2) is 4.94. The first-order valence-corrected chi connectivity index (χ1v) is 4.83. The Bertz CT molecular complexity index is 434. The molecule has 0 fully saturated rings. The maximum absolute atomic E-state index is 11.5. The van der Waals surface area contributed by atoms with Gasteiger partial charge in [0.15, 0.2) is 0 Å². The van der Waals surface area contributed by atoms with Gasteiger partial charge in [-0.25, -0.2) is 9.78 Å². The molecule has 1 aromatic heterocycles. The van der Waals surface area contributed by atoms with E-state index in [2.05, 4.69) is 9.72 Å². The number of hydrogen-bond donors (Lipinski definition) is 0. The summed E-state index contributed by atoms with van der Waals surface area (Å²) in [6.45, 7) is 1.38. The topological polar surface area (TPSA) is 59.5 Å². The number of rotatable bonds is 2. The summed E-state index contributed by atoms with van der Waals surface area (Å²) in [4.78, 5) is 27.8. The molecule has 1 aromatic rings. The van der Waals surface area contributed by atoms with Gasteiger partial charge >= 0.3 is 5.97 Å². The summed E-state index contributed by atoms with van der Waals surface area (Å²) in [6.07, 6.45) is 1.36. The first-order valence-electron chi connectivity index (χ1n) is 4.45. The standard InChI is InChI=1S/C10H11ClN2O3/c1-6(14)13(2)8-5-12-9(11)4-7(8)10(15)16-3/h4-5H,1-3H3. The van der Waals surface area contributed by atoms with Crippen LogP contribution < -0.4 is 4.90 Å². The molecule has 6 heteroatoms. The number of aromatic nitrogens is 1. The lowest BCUT2D eigenvalue weighted by Crippen LogP contribution is -2.25. The molecule has 16 heavy (non-hydrogen) atoms. The lowest BCUT2D eigenvalue weighted by molar-refractivity contribution is -0.116. The molecular formula is C10H11ClN2O3. The molecule has 0 atom stereocenters. The summed E-state index contributed by atoms with van der Waals surface area (Å²) in [5.41, 5.74) is 0.573. The molecule has 5 nitrogen and oxygen atoms in total. The van der Waals surface area contributed by atoms with Crippen molar-refractivity contribution in [1.29, 1.82) is 0 Å². The molecule has 0 aliphatic carbocycles. The molecule has 0 spiro atoms. The van der Waals surface area contributed by atoms with Crippen molar-refractivity contribution in [2.75, 3.05) is 19.1 Å². The predicted molar refractivity (Wildman–Crippen MR) is 59.7 cm³/mol. The Kier molecular flexibility index (Phi) is 3.84. The fourth-order valence-electron chi connectivity index (χ4n) is 1.13. The largest absolute Gasteiger partial charge is 0.465 e. The van der Waals surface area contributed by atoms with Crippen LogP contribution in [0.15, 0.2) is 12.3 Å². The first kappa shape index (κ1) is 12.4. The second-order valence-electron chi connectivity index (χ2n) is 3.09. The summed E-state index contributed by atoms with van der Waals surface area (Å²) in [5.74, 6) is -0.776. The van der Waals surface area contributed by atoms with Crippen LogP contribution in [0.5, 0.6) is 0 Å². The lowest BCUT2D eigenvalue weighted by atomic mass is 10.2. The third-order valence-electron chi connectivity index (χ3n) is 2.09. The molecule has 1 rings (SSSR count). The van der Waals surface area contributed by atoms with Gasteiger partial charge in [-0.2, -0.15) is 0 Å². The van der Waals surface area contributed by atoms with Crippen LogP contribution in [-0.2, 0) is 9.53 Å². The average Bonchev–Trinajstić information content (AvgIpc) is 2.26. The number of carbonyl (C=O) groups is 2. The van der Waals surface area contributed by atoms with Crippen molar-refractivity contribution in [2.24, 2.45) is 0 Å². The molecule has 0 aliphatic rings. The van der Waals surface area contributed by atoms with Gasteiger partial charge in [-0.3, -0.25) is 4.79 Å². The van der Waals surface area contributed by atoms with Crippen LogP contribution in [0, 0.1) is 0 Å². The zero-order valence-corrected chi connectivity index (χ0v) is 9.91. The molecule has 0 aromatic carbocycles. The monoisotopic (exact) mass is 242 g/mol. The van der Waals surface area contributed by atoms with Gasteiger partial charge in [-0.05, 0) is 6.07 Å². The van der Waals surface area contributed by atoms with Crippen LogP contribution >= 0.6 is 11.6 Å². The van der Waals surface area contributed by atoms with Gasteiger partial charge in [0.25, 0.3) is 0 Å². The van der Waals surface area contributed by atoms with Crippen molar-refractivity contribution < 1.29 is 14.3 Å². The van der Waals surface area contributed by atoms with E-state index < -0.39 is 5.97 Å². The fraction of sp³-hybridized carbons (Fsp3) is 0.300. The molecule has 1 heterocycles. The minimum Gasteiger partial charge on any atom is -0.465 e. The predicted octanol–water partition coefficient (Wildman–Crippen LogP) is 1.50. The highest BCUT2D eigenvalue weighted by Crippen LogP contribution is 2.22. The number of ether oxygens (including phenoxy) is 1. The second-order valence-corrected chi connectivity index (χ2v) is 3.48. The number of nitrogens with zero attached hydrogens (tertiary/aromatic N) is 2. The third kappa shape index (κ3) is 2.49. The zero-order valence-electron chi connectivity index (χ0n) is 9.15. The van der Waals surface area contributed by atoms with E-state index >= 15 is 0 Å². The first-order chi connectivity index (χ1) is 7.47. The zero-order chi connectivity index (χ0) is 12.3. The van der Waals surface area contributed by atoms with Crippen LogP contribution in [0.4, 0.5) is 5.69 Å². The molecule has 0 radical (unpaired) electrons. The van der Waals surface area contributed by atoms with Crippen molar-refractivity contribution in [3.8, 4) is 0 Å². The highest BCUT2D eigenvalue weighted by molar-refractivity contribution is 6.29. The molecular weight excluding hydrogens is 232 g/mol. The number of methoxy groups -OCH3 is 1. The van der Waals surface area contributed by atoms with Crippen molar-refractivity contribution >= 4 is 29.2 Å². The van der Waals surface area contributed by atoms with Gasteiger partial charge in [-0.1, -0.05) is 11.6 Å². The van der Waals surface area contributed by atoms with Gasteiger partial charge in [0, 0.05) is 14.0 Å². The van der Waals surface area contributed by atoms with E-state index in [0.29, 0.717) is 5.69 Å². The van der Waals surface area contributed by atoms with Gasteiger partial charge in [-0.15, -0.1) is 0 Å². The van der Waals surface area contributed by atoms with Gasteiger partial charge < -0.3 is 9.64 Å². The molecule has 86 valence electrons. The van der Waals surface area contributed by atoms with Gasteiger partial charge in [0.1, 0.15) is 5.15 Å². The Morgan fingerprint density at radius 2 is 2.12 bits per heavy atom. The van der Waals surface area contributed by atoms with Crippen molar-refractivity contribution in [1.82, 2.24) is 4.98 Å². The molecule has 0 saturated carbocycles. The quantitative estimate of drug-likeness (QED) is 0.583. The van der Waals surface area contributed by atoms with E-state index in [1.165, 1.54) is 31.2 Å². The molecule has 0 bridgehead atoms. The number of carbonyl (C=O) groups excluding carboxylic acids is 2. The van der Waals surface area contributed by atoms with E-state index in [1.54, 1.807) is 7.05 Å². The number of halogens is 1. The minimum atomic E-state index is -0.563. The van der Waals surface area contributed by atoms with Crippen LogP contribution in [0.3, 0.4) is 0 Å². The normalized spacial score (nSPS) is 9.75. The molecule has 0 aliphatic heterocycles. The average molecular weight is 243 g/mol. The number of anilines is 1. The summed E-state index contributed by atoms with van der Waals surface area (Å²) in [6, 6.07) is 1.36. The molecule has 0 saturated heterocycles. The maximum atomic E-state index is 11.5. The number of amides is 1. The molecule has 1 amide bonds. The number of pyridine rings is 1. The van der Waals surface area contributed by atoms with E-state index in [1.807, 2.05) is 0 Å². The molecule has 0 unspecified atom stereocenters. The van der Waals surface area contributed by atoms with Crippen LogP contribution in [0.1, 0.15) is 17.3 Å². The van der Waals surface area contributed by atoms with E-state index in [-0.39, 0.29) is 16.6 Å². The third-order valence-corrected chi connectivity index (χ3v) is 2.30. The molecule has 0 N–H and O–H groups in total. The van der Waals surface area contributed by atoms with Crippen LogP contribution in [0.25, 0.3) is 0 Å². The van der Waals surface area contributed by atoms with E-state index in [9.17, 15) is 9.59 Å². The fourth-order valence-corrected chi connectivity index (χ4v) is 1.29. The lowest BCUT2D eigenvalue weighted by Gasteiger charge is -2.17. The number of esters is 1. The Labute approximate surface area is 98.0 Å². The van der Waals surface area contributed by atoms with E-state index in [4.69, 9.17) is 11.6 Å².